The number of rotatable bonds is 3. The molecule has 16 heavy (non-hydrogen) atoms. The van der Waals surface area contributed by atoms with Crippen LogP contribution in [0.5, 0.6) is 0 Å². The summed E-state index contributed by atoms with van der Waals surface area (Å²) in [5, 5.41) is 0.976. The molecule has 0 bridgehead atoms. The smallest absolute Gasteiger partial charge is 0.153 e. The van der Waals surface area contributed by atoms with E-state index in [1.807, 2.05) is 24.4 Å². The molecule has 1 aromatic carbocycles. The Bertz CT molecular complexity index is 411. The number of hydrogen-bond acceptors (Lipinski definition) is 2. The zero-order valence-corrected chi connectivity index (χ0v) is 10.9. The lowest BCUT2D eigenvalue weighted by Gasteiger charge is -2.04. The summed E-state index contributed by atoms with van der Waals surface area (Å²) in [6.07, 6.45) is 3.97. The minimum Gasteiger partial charge on any atom is -0.398 e. The van der Waals surface area contributed by atoms with Gasteiger partial charge in [0, 0.05) is 24.5 Å². The zero-order chi connectivity index (χ0) is 12.0. The van der Waals surface area contributed by atoms with Crippen LogP contribution in [0.4, 0.5) is 5.69 Å². The zero-order valence-electron chi connectivity index (χ0n) is 9.77. The van der Waals surface area contributed by atoms with Crippen LogP contribution < -0.4 is 11.0 Å². The molecular formula is C12H18N3P. The Labute approximate surface area is 99.1 Å². The number of amidine groups is 1. The predicted octanol–water partition coefficient (Wildman–Crippen LogP) is 2.02. The third-order valence-electron chi connectivity index (χ3n) is 2.19. The van der Waals surface area contributed by atoms with Crippen molar-refractivity contribution in [2.24, 2.45) is 9.98 Å². The summed E-state index contributed by atoms with van der Waals surface area (Å²) in [4.78, 5) is 8.52. The summed E-state index contributed by atoms with van der Waals surface area (Å²) < 4.78 is 0. The van der Waals surface area contributed by atoms with Crippen molar-refractivity contribution in [3.63, 3.8) is 0 Å². The molecule has 0 aliphatic carbocycles. The van der Waals surface area contributed by atoms with E-state index >= 15 is 0 Å². The van der Waals surface area contributed by atoms with E-state index in [2.05, 4.69) is 26.1 Å². The quantitative estimate of drug-likeness (QED) is 0.370. The molecule has 2 N–H and O–H groups in total. The highest BCUT2D eigenvalue weighted by atomic mass is 31.0. The molecule has 0 radical (unpaired) electrons. The molecule has 1 aromatic rings. The minimum absolute atomic E-state index is 0.747. The highest BCUT2D eigenvalue weighted by Crippen LogP contribution is 2.08. The number of aliphatic imine (C=N–C) groups is 2. The van der Waals surface area contributed by atoms with Crippen LogP contribution in [0.2, 0.25) is 0 Å². The Morgan fingerprint density at radius 1 is 1.50 bits per heavy atom. The van der Waals surface area contributed by atoms with Crippen LogP contribution in [0.25, 0.3) is 0 Å². The van der Waals surface area contributed by atoms with Crippen LogP contribution in [0, 0.1) is 0 Å². The number of hydrogen-bond donors (Lipinski definition) is 1. The van der Waals surface area contributed by atoms with Gasteiger partial charge in [-0.25, -0.2) is 4.99 Å². The van der Waals surface area contributed by atoms with E-state index < -0.39 is 0 Å². The van der Waals surface area contributed by atoms with Gasteiger partial charge in [0.1, 0.15) is 0 Å². The maximum Gasteiger partial charge on any atom is 0.153 e. The molecule has 0 saturated heterocycles. The number of nitrogen functional groups attached to an aromatic ring is 1. The van der Waals surface area contributed by atoms with Crippen molar-refractivity contribution in [2.45, 2.75) is 19.8 Å². The van der Waals surface area contributed by atoms with Crippen LogP contribution in [0.3, 0.4) is 0 Å². The monoisotopic (exact) mass is 235 g/mol. The molecule has 0 fully saturated rings. The van der Waals surface area contributed by atoms with Gasteiger partial charge in [-0.15, -0.1) is 9.24 Å². The molecule has 0 saturated carbocycles. The van der Waals surface area contributed by atoms with E-state index in [1.165, 1.54) is 0 Å². The second kappa shape index (κ2) is 6.39. The number of unbranched alkanes of at least 4 members (excludes halogenated alkanes) is 1. The summed E-state index contributed by atoms with van der Waals surface area (Å²) in [6.45, 7) is 2.12. The number of nitrogens with zero attached hydrogens (tertiary/aromatic N) is 2. The van der Waals surface area contributed by atoms with Crippen molar-refractivity contribution in [3.8, 4) is 0 Å². The number of benzene rings is 1. The topological polar surface area (TPSA) is 50.7 Å². The van der Waals surface area contributed by atoms with Gasteiger partial charge in [0.05, 0.1) is 0 Å². The van der Waals surface area contributed by atoms with Crippen molar-refractivity contribution in [3.05, 3.63) is 23.8 Å². The van der Waals surface area contributed by atoms with E-state index in [4.69, 9.17) is 5.73 Å². The molecule has 4 heteroatoms. The van der Waals surface area contributed by atoms with Crippen molar-refractivity contribution < 1.29 is 0 Å². The standard InChI is InChI=1S/C12H18N3P/c1-3-4-7-15-12(14-2)9-5-6-10(13)11(16)8-9/h5-8H,3-4,13,16H2,1-2H3. The van der Waals surface area contributed by atoms with Crippen LogP contribution in [0.15, 0.2) is 28.2 Å². The lowest BCUT2D eigenvalue weighted by atomic mass is 10.2. The van der Waals surface area contributed by atoms with Crippen molar-refractivity contribution in [1.82, 2.24) is 0 Å². The van der Waals surface area contributed by atoms with Crippen LogP contribution >= 0.6 is 9.24 Å². The predicted molar refractivity (Wildman–Crippen MR) is 76.1 cm³/mol. The van der Waals surface area contributed by atoms with Gasteiger partial charge in [-0.05, 0) is 29.9 Å². The largest absolute Gasteiger partial charge is 0.398 e. The Hall–Kier alpha value is -1.21. The highest BCUT2D eigenvalue weighted by Gasteiger charge is 2.02. The van der Waals surface area contributed by atoms with Crippen molar-refractivity contribution in [1.29, 1.82) is 0 Å². The Morgan fingerprint density at radius 3 is 2.81 bits per heavy atom. The lowest BCUT2D eigenvalue weighted by Crippen LogP contribution is -2.06. The van der Waals surface area contributed by atoms with Gasteiger partial charge in [-0.1, -0.05) is 13.3 Å². The molecule has 0 amide bonds. The fourth-order valence-electron chi connectivity index (χ4n) is 1.26. The molecule has 1 unspecified atom stereocenters. The Balaban J connectivity index is 2.92. The third-order valence-corrected chi connectivity index (χ3v) is 2.69. The average Bonchev–Trinajstić information content (AvgIpc) is 2.29. The van der Waals surface area contributed by atoms with Gasteiger partial charge in [-0.3, -0.25) is 4.99 Å². The highest BCUT2D eigenvalue weighted by molar-refractivity contribution is 7.28. The first-order valence-corrected chi connectivity index (χ1v) is 5.91. The molecule has 1 atom stereocenters. The minimum atomic E-state index is 0.747. The number of nitrogens with two attached hydrogens (primary N) is 1. The van der Waals surface area contributed by atoms with Gasteiger partial charge in [0.2, 0.25) is 0 Å². The van der Waals surface area contributed by atoms with Gasteiger partial charge in [0.15, 0.2) is 5.84 Å². The molecule has 0 aliphatic rings. The summed E-state index contributed by atoms with van der Waals surface area (Å²) in [7, 11) is 4.36. The van der Waals surface area contributed by atoms with E-state index in [1.54, 1.807) is 7.05 Å². The average molecular weight is 235 g/mol. The van der Waals surface area contributed by atoms with Crippen LogP contribution in [-0.4, -0.2) is 19.1 Å². The first kappa shape index (κ1) is 12.9. The van der Waals surface area contributed by atoms with E-state index in [0.717, 1.165) is 35.2 Å². The first-order valence-electron chi connectivity index (χ1n) is 5.33. The Kier molecular flexibility index (Phi) is 5.13. The molecule has 0 aromatic heterocycles. The molecular weight excluding hydrogens is 217 g/mol. The SMILES string of the molecule is CCCC=NC(=NC)c1ccc(N)c(P)c1. The van der Waals surface area contributed by atoms with E-state index in [0.29, 0.717) is 0 Å². The maximum absolute atomic E-state index is 5.75. The second-order valence-electron chi connectivity index (χ2n) is 3.49. The van der Waals surface area contributed by atoms with Gasteiger partial charge in [-0.2, -0.15) is 0 Å². The fraction of sp³-hybridized carbons (Fsp3) is 0.333. The second-order valence-corrected chi connectivity index (χ2v) is 4.11. The fourth-order valence-corrected chi connectivity index (χ4v) is 1.53. The summed E-state index contributed by atoms with van der Waals surface area (Å²) in [6, 6.07) is 5.79. The molecule has 3 nitrogen and oxygen atoms in total. The normalized spacial score (nSPS) is 12.3. The van der Waals surface area contributed by atoms with Gasteiger partial charge in [0.25, 0.3) is 0 Å². The van der Waals surface area contributed by atoms with Gasteiger partial charge < -0.3 is 5.73 Å². The van der Waals surface area contributed by atoms with Crippen LogP contribution in [0.1, 0.15) is 25.3 Å². The molecule has 0 aliphatic heterocycles. The summed E-state index contributed by atoms with van der Waals surface area (Å²) >= 11 is 0. The summed E-state index contributed by atoms with van der Waals surface area (Å²) in [5.74, 6) is 0.747. The van der Waals surface area contributed by atoms with E-state index in [9.17, 15) is 0 Å². The molecule has 0 spiro atoms. The van der Waals surface area contributed by atoms with Crippen molar-refractivity contribution >= 4 is 32.3 Å². The summed E-state index contributed by atoms with van der Waals surface area (Å²) in [5.41, 5.74) is 7.51. The number of anilines is 1. The molecule has 0 heterocycles. The third kappa shape index (κ3) is 3.42. The van der Waals surface area contributed by atoms with Crippen molar-refractivity contribution in [2.75, 3.05) is 12.8 Å². The van der Waals surface area contributed by atoms with Gasteiger partial charge >= 0.3 is 0 Å². The Morgan fingerprint density at radius 2 is 2.25 bits per heavy atom. The molecule has 86 valence electrons. The van der Waals surface area contributed by atoms with Crippen LogP contribution in [-0.2, 0) is 0 Å². The lowest BCUT2D eigenvalue weighted by molar-refractivity contribution is 1.01. The molecule has 1 rings (SSSR count). The van der Waals surface area contributed by atoms with E-state index in [-0.39, 0.29) is 0 Å². The maximum atomic E-state index is 5.75. The first-order chi connectivity index (χ1) is 7.69.